The van der Waals surface area contributed by atoms with Gasteiger partial charge >= 0.3 is 11.7 Å². The van der Waals surface area contributed by atoms with Crippen molar-refractivity contribution in [2.75, 3.05) is 0 Å². The van der Waals surface area contributed by atoms with Gasteiger partial charge in [0.1, 0.15) is 5.75 Å². The van der Waals surface area contributed by atoms with Crippen LogP contribution in [0.1, 0.15) is 10.4 Å². The van der Waals surface area contributed by atoms with Crippen LogP contribution in [0.25, 0.3) is 16.7 Å². The predicted octanol–water partition coefficient (Wildman–Crippen LogP) is 1.72. The Balaban J connectivity index is 2.33. The van der Waals surface area contributed by atoms with Gasteiger partial charge in [-0.3, -0.25) is 4.57 Å². The van der Waals surface area contributed by atoms with Crippen LogP contribution in [0, 0.1) is 0 Å². The number of rotatable bonds is 2. The lowest BCUT2D eigenvalue weighted by molar-refractivity contribution is 0.0697. The molecule has 1 heterocycles. The molecule has 0 unspecified atom stereocenters. The average Bonchev–Trinajstić information content (AvgIpc) is 2.74. The van der Waals surface area contributed by atoms with E-state index in [0.29, 0.717) is 16.7 Å². The minimum absolute atomic E-state index is 0.0298. The van der Waals surface area contributed by atoms with Crippen LogP contribution in [0.5, 0.6) is 5.75 Å². The third kappa shape index (κ3) is 1.74. The van der Waals surface area contributed by atoms with Gasteiger partial charge in [-0.2, -0.15) is 0 Å². The van der Waals surface area contributed by atoms with Crippen LogP contribution in [0.2, 0.25) is 0 Å². The smallest absolute Gasteiger partial charge is 0.335 e. The summed E-state index contributed by atoms with van der Waals surface area (Å²) in [5.41, 5.74) is 0.888. The maximum absolute atomic E-state index is 12.0. The maximum Gasteiger partial charge on any atom is 0.335 e. The van der Waals surface area contributed by atoms with Crippen molar-refractivity contribution < 1.29 is 15.0 Å². The molecule has 3 N–H and O–H groups in total. The van der Waals surface area contributed by atoms with Gasteiger partial charge < -0.3 is 15.2 Å². The summed E-state index contributed by atoms with van der Waals surface area (Å²) in [6, 6.07) is 10.8. The topological polar surface area (TPSA) is 95.3 Å². The van der Waals surface area contributed by atoms with Crippen LogP contribution < -0.4 is 5.69 Å². The van der Waals surface area contributed by atoms with Gasteiger partial charge in [-0.1, -0.05) is 12.1 Å². The third-order valence-electron chi connectivity index (χ3n) is 3.05. The zero-order valence-electron chi connectivity index (χ0n) is 10.2. The Bertz CT molecular complexity index is 876. The lowest BCUT2D eigenvalue weighted by Gasteiger charge is -2.05. The van der Waals surface area contributed by atoms with Gasteiger partial charge in [-0.05, 0) is 30.3 Å². The van der Waals surface area contributed by atoms with Crippen molar-refractivity contribution in [3.8, 4) is 11.4 Å². The number of para-hydroxylation sites is 2. The van der Waals surface area contributed by atoms with Crippen molar-refractivity contribution in [3.63, 3.8) is 0 Å². The molecule has 3 rings (SSSR count). The van der Waals surface area contributed by atoms with Gasteiger partial charge in [0.2, 0.25) is 0 Å². The van der Waals surface area contributed by atoms with Crippen molar-refractivity contribution >= 4 is 17.0 Å². The number of H-pyrrole nitrogens is 1. The summed E-state index contributed by atoms with van der Waals surface area (Å²) < 4.78 is 1.30. The van der Waals surface area contributed by atoms with Crippen LogP contribution in [0.4, 0.5) is 0 Å². The largest absolute Gasteiger partial charge is 0.506 e. The highest BCUT2D eigenvalue weighted by molar-refractivity contribution is 5.92. The number of carboxylic acid groups (broad SMARTS) is 1. The number of nitrogens with one attached hydrogen (secondary N) is 1. The molecule has 0 bridgehead atoms. The number of carbonyl (C=O) groups is 1. The molecule has 0 spiro atoms. The fourth-order valence-electron chi connectivity index (χ4n) is 2.14. The lowest BCUT2D eigenvalue weighted by atomic mass is 10.2. The molecule has 2 aromatic carbocycles. The van der Waals surface area contributed by atoms with Crippen molar-refractivity contribution in [1.29, 1.82) is 0 Å². The molecule has 0 aliphatic carbocycles. The number of phenols is 1. The molecule has 0 radical (unpaired) electrons. The number of phenolic OH excluding ortho intramolecular Hbond substituents is 1. The number of carboxylic acids is 1. The van der Waals surface area contributed by atoms with E-state index < -0.39 is 11.7 Å². The number of hydrogen-bond acceptors (Lipinski definition) is 3. The fourth-order valence-corrected chi connectivity index (χ4v) is 2.14. The highest BCUT2D eigenvalue weighted by Crippen LogP contribution is 2.23. The van der Waals surface area contributed by atoms with Crippen LogP contribution in [0.15, 0.2) is 47.3 Å². The van der Waals surface area contributed by atoms with E-state index in [2.05, 4.69) is 4.98 Å². The zero-order chi connectivity index (χ0) is 14.3. The summed E-state index contributed by atoms with van der Waals surface area (Å²) in [6.07, 6.45) is 0. The Morgan fingerprint density at radius 1 is 1.15 bits per heavy atom. The van der Waals surface area contributed by atoms with Crippen molar-refractivity contribution in [1.82, 2.24) is 9.55 Å². The molecule has 6 heteroatoms. The molecule has 3 aromatic rings. The molecule has 0 saturated carbocycles. The predicted molar refractivity (Wildman–Crippen MR) is 72.5 cm³/mol. The molecular formula is C14H10N2O4. The quantitative estimate of drug-likeness (QED) is 0.660. The molecule has 100 valence electrons. The fraction of sp³-hybridized carbons (Fsp3) is 0. The molecule has 20 heavy (non-hydrogen) atoms. The van der Waals surface area contributed by atoms with Crippen LogP contribution in [0.3, 0.4) is 0 Å². The molecule has 0 fully saturated rings. The minimum atomic E-state index is -1.07. The molecule has 0 amide bonds. The number of aromatic hydroxyl groups is 1. The third-order valence-corrected chi connectivity index (χ3v) is 3.05. The first kappa shape index (κ1) is 12.0. The Labute approximate surface area is 112 Å². The SMILES string of the molecule is O=C(O)c1ccc2c(c1)[nH]c(=O)n2-c1ccccc1O. The van der Waals surface area contributed by atoms with E-state index in [1.807, 2.05) is 0 Å². The van der Waals surface area contributed by atoms with Gasteiger partial charge in [-0.25, -0.2) is 9.59 Å². The first-order valence-corrected chi connectivity index (χ1v) is 5.84. The Morgan fingerprint density at radius 2 is 1.90 bits per heavy atom. The number of hydrogen-bond donors (Lipinski definition) is 3. The van der Waals surface area contributed by atoms with Gasteiger partial charge in [-0.15, -0.1) is 0 Å². The van der Waals surface area contributed by atoms with E-state index in [0.717, 1.165) is 0 Å². The zero-order valence-corrected chi connectivity index (χ0v) is 10.2. The van der Waals surface area contributed by atoms with Gasteiger partial charge in [0.15, 0.2) is 0 Å². The number of nitrogens with zero attached hydrogens (tertiary/aromatic N) is 1. The normalized spacial score (nSPS) is 10.8. The van der Waals surface area contributed by atoms with E-state index >= 15 is 0 Å². The van der Waals surface area contributed by atoms with E-state index in [-0.39, 0.29) is 11.3 Å². The number of aromatic nitrogens is 2. The van der Waals surface area contributed by atoms with E-state index in [1.54, 1.807) is 18.2 Å². The summed E-state index contributed by atoms with van der Waals surface area (Å²) in [5.74, 6) is -1.10. The van der Waals surface area contributed by atoms with Gasteiger partial charge in [0, 0.05) is 0 Å². The Kier molecular flexibility index (Phi) is 2.57. The number of benzene rings is 2. The summed E-state index contributed by atoms with van der Waals surface area (Å²) in [7, 11) is 0. The van der Waals surface area contributed by atoms with Crippen molar-refractivity contribution in [3.05, 3.63) is 58.5 Å². The van der Waals surface area contributed by atoms with Crippen molar-refractivity contribution in [2.24, 2.45) is 0 Å². The molecule has 1 aromatic heterocycles. The summed E-state index contributed by atoms with van der Waals surface area (Å²) >= 11 is 0. The van der Waals surface area contributed by atoms with Gasteiger partial charge in [0.05, 0.1) is 22.3 Å². The average molecular weight is 270 g/mol. The first-order chi connectivity index (χ1) is 9.58. The minimum Gasteiger partial charge on any atom is -0.506 e. The summed E-state index contributed by atoms with van der Waals surface area (Å²) in [6.45, 7) is 0. The first-order valence-electron chi connectivity index (χ1n) is 5.84. The molecule has 6 nitrogen and oxygen atoms in total. The molecule has 0 aliphatic heterocycles. The van der Waals surface area contributed by atoms with E-state index in [4.69, 9.17) is 5.11 Å². The van der Waals surface area contributed by atoms with Gasteiger partial charge in [0.25, 0.3) is 0 Å². The molecule has 0 aliphatic rings. The van der Waals surface area contributed by atoms with E-state index in [1.165, 1.54) is 28.8 Å². The number of aromatic amines is 1. The lowest BCUT2D eigenvalue weighted by Crippen LogP contribution is -2.14. The standard InChI is InChI=1S/C14H10N2O4/c17-12-4-2-1-3-11(12)16-10-6-5-8(13(18)19)7-9(10)15-14(16)20/h1-7,17H,(H,15,20)(H,18,19). The van der Waals surface area contributed by atoms with Crippen LogP contribution in [-0.4, -0.2) is 25.7 Å². The number of fused-ring (bicyclic) bond motifs is 1. The second-order valence-electron chi connectivity index (χ2n) is 4.29. The molecule has 0 saturated heterocycles. The monoisotopic (exact) mass is 270 g/mol. The second-order valence-corrected chi connectivity index (χ2v) is 4.29. The highest BCUT2D eigenvalue weighted by atomic mass is 16.4. The Morgan fingerprint density at radius 3 is 2.60 bits per heavy atom. The van der Waals surface area contributed by atoms with Crippen LogP contribution in [-0.2, 0) is 0 Å². The van der Waals surface area contributed by atoms with Crippen molar-refractivity contribution in [2.45, 2.75) is 0 Å². The summed E-state index contributed by atoms with van der Waals surface area (Å²) in [4.78, 5) is 25.5. The second kappa shape index (κ2) is 4.27. The summed E-state index contributed by atoms with van der Waals surface area (Å²) in [5, 5.41) is 18.8. The Hall–Kier alpha value is -3.02. The van der Waals surface area contributed by atoms with Crippen LogP contribution >= 0.6 is 0 Å². The highest BCUT2D eigenvalue weighted by Gasteiger charge is 2.13. The number of aromatic carboxylic acids is 1. The molecular weight excluding hydrogens is 260 g/mol. The molecule has 0 atom stereocenters. The number of imidazole rings is 1. The maximum atomic E-state index is 12.0. The van der Waals surface area contributed by atoms with E-state index in [9.17, 15) is 14.7 Å².